The lowest BCUT2D eigenvalue weighted by molar-refractivity contribution is -0.155. The molecule has 1 fully saturated rings. The molecule has 214 valence electrons. The van der Waals surface area contributed by atoms with E-state index in [1.165, 1.54) is 16.0 Å². The number of aromatic nitrogens is 7. The number of aryl methyl sites for hydroxylation is 1. The number of carbonyl (C=O) groups excluding carboxylic acids is 1. The lowest BCUT2D eigenvalue weighted by Gasteiger charge is -2.23. The van der Waals surface area contributed by atoms with Crippen LogP contribution >= 0.6 is 11.3 Å². The largest absolute Gasteiger partial charge is 0.459 e. The van der Waals surface area contributed by atoms with E-state index < -0.39 is 17.5 Å². The van der Waals surface area contributed by atoms with Crippen molar-refractivity contribution in [2.24, 2.45) is 7.05 Å². The van der Waals surface area contributed by atoms with Gasteiger partial charge >= 0.3 is 5.97 Å². The molecule has 5 aromatic rings. The smallest absolute Gasteiger partial charge is 0.322 e. The van der Waals surface area contributed by atoms with Crippen molar-refractivity contribution in [2.45, 2.75) is 64.3 Å². The van der Waals surface area contributed by atoms with E-state index in [1.54, 1.807) is 40.7 Å². The van der Waals surface area contributed by atoms with Gasteiger partial charge in [0.05, 0.1) is 28.8 Å². The van der Waals surface area contributed by atoms with E-state index in [1.807, 2.05) is 33.0 Å². The van der Waals surface area contributed by atoms with Gasteiger partial charge in [0.1, 0.15) is 28.2 Å². The van der Waals surface area contributed by atoms with Gasteiger partial charge in [-0.1, -0.05) is 6.07 Å². The molecule has 1 saturated heterocycles. The topological polar surface area (TPSA) is 145 Å². The third-order valence-electron chi connectivity index (χ3n) is 6.95. The fraction of sp³-hybridized carbons (Fsp3) is 0.429. The zero-order valence-corrected chi connectivity index (χ0v) is 24.2. The molecule has 0 bridgehead atoms. The first-order valence-electron chi connectivity index (χ1n) is 13.5. The first-order chi connectivity index (χ1) is 19.6. The minimum Gasteiger partial charge on any atom is -0.459 e. The fourth-order valence-corrected chi connectivity index (χ4v) is 6.30. The van der Waals surface area contributed by atoms with Crippen LogP contribution in [0.3, 0.4) is 0 Å². The molecule has 0 aliphatic carbocycles. The van der Waals surface area contributed by atoms with Crippen molar-refractivity contribution in [1.82, 2.24) is 34.1 Å². The third-order valence-corrected chi connectivity index (χ3v) is 8.09. The molecule has 6 rings (SSSR count). The van der Waals surface area contributed by atoms with Gasteiger partial charge < -0.3 is 19.8 Å². The van der Waals surface area contributed by atoms with Gasteiger partial charge in [-0.15, -0.1) is 11.3 Å². The number of thiazole rings is 1. The predicted octanol–water partition coefficient (Wildman–Crippen LogP) is 3.74. The van der Waals surface area contributed by atoms with E-state index in [4.69, 9.17) is 25.3 Å². The Kier molecular flexibility index (Phi) is 6.86. The average molecular weight is 577 g/mol. The molecule has 2 unspecified atom stereocenters. The number of pyridine rings is 1. The van der Waals surface area contributed by atoms with Crippen molar-refractivity contribution in [1.29, 1.82) is 0 Å². The molecule has 5 aromatic heterocycles. The number of nitrogens with zero attached hydrogens (tertiary/aromatic N) is 7. The minimum absolute atomic E-state index is 0.160. The molecule has 0 aromatic carbocycles. The highest BCUT2D eigenvalue weighted by molar-refractivity contribution is 7.19. The highest BCUT2D eigenvalue weighted by Crippen LogP contribution is 2.37. The monoisotopic (exact) mass is 576 g/mol. The lowest BCUT2D eigenvalue weighted by Crippen LogP contribution is -2.29. The summed E-state index contributed by atoms with van der Waals surface area (Å²) in [5, 5.41) is 10.4. The van der Waals surface area contributed by atoms with E-state index in [-0.39, 0.29) is 18.3 Å². The Morgan fingerprint density at radius 3 is 2.80 bits per heavy atom. The summed E-state index contributed by atoms with van der Waals surface area (Å²) in [5.41, 5.74) is 7.06. The minimum atomic E-state index is -0.838. The number of hydrogen-bond acceptors (Lipinski definition) is 10. The Morgan fingerprint density at radius 1 is 1.24 bits per heavy atom. The zero-order chi connectivity index (χ0) is 28.9. The number of carbonyl (C=O) groups is 1. The third kappa shape index (κ3) is 5.22. The second kappa shape index (κ2) is 10.4. The maximum Gasteiger partial charge on any atom is 0.322 e. The fourth-order valence-electron chi connectivity index (χ4n) is 5.09. The van der Waals surface area contributed by atoms with Crippen LogP contribution in [-0.4, -0.2) is 52.3 Å². The molecule has 0 spiro atoms. The van der Waals surface area contributed by atoms with Crippen molar-refractivity contribution in [3.8, 4) is 0 Å². The summed E-state index contributed by atoms with van der Waals surface area (Å²) in [6.45, 7) is 6.37. The number of ether oxygens (including phenoxy) is 2. The van der Waals surface area contributed by atoms with Crippen LogP contribution in [0.5, 0.6) is 0 Å². The molecule has 2 atom stereocenters. The summed E-state index contributed by atoms with van der Waals surface area (Å²) in [4.78, 5) is 36.2. The Hall–Kier alpha value is -4.10. The van der Waals surface area contributed by atoms with E-state index in [0.717, 1.165) is 24.0 Å². The van der Waals surface area contributed by atoms with E-state index in [9.17, 15) is 9.59 Å². The van der Waals surface area contributed by atoms with Crippen molar-refractivity contribution in [2.75, 3.05) is 12.3 Å². The summed E-state index contributed by atoms with van der Waals surface area (Å²) in [6, 6.07) is 7.10. The second-order valence-corrected chi connectivity index (χ2v) is 12.2. The van der Waals surface area contributed by atoms with E-state index in [2.05, 4.69) is 10.1 Å². The van der Waals surface area contributed by atoms with Gasteiger partial charge in [0.2, 0.25) is 0 Å². The molecule has 2 N–H and O–H groups in total. The summed E-state index contributed by atoms with van der Waals surface area (Å²) in [7, 11) is 1.79. The molecular formula is C28H32N8O4S. The van der Waals surface area contributed by atoms with Crippen LogP contribution in [0.25, 0.3) is 21.3 Å². The molecule has 6 heterocycles. The number of fused-ring (bicyclic) bond motifs is 3. The van der Waals surface area contributed by atoms with Crippen LogP contribution in [-0.2, 0) is 27.9 Å². The number of hydrogen-bond donors (Lipinski definition) is 1. The maximum absolute atomic E-state index is 13.6. The number of esters is 1. The standard InChI is InChI=1S/C28H32N8O4S/c1-28(2,3)40-27(38)21(18-11-12-35(33-18)20-10-5-6-13-39-20)25-32-24-23(41-25)17-14-30-36(26(37)22(17)34(24)4)15-16-8-7-9-19(29)31-16/h7-9,11-12,14,20-21H,5-6,10,13,15H2,1-4H3,(H2,29,31). The number of anilines is 1. The van der Waals surface area contributed by atoms with Gasteiger partial charge in [-0.2, -0.15) is 10.2 Å². The second-order valence-electron chi connectivity index (χ2n) is 11.2. The van der Waals surface area contributed by atoms with Crippen molar-refractivity contribution < 1.29 is 14.3 Å². The normalized spacial score (nSPS) is 16.8. The van der Waals surface area contributed by atoms with Gasteiger partial charge in [-0.3, -0.25) is 9.59 Å². The first-order valence-corrected chi connectivity index (χ1v) is 14.4. The predicted molar refractivity (Wildman–Crippen MR) is 155 cm³/mol. The molecule has 41 heavy (non-hydrogen) atoms. The number of nitrogens with two attached hydrogens (primary N) is 1. The Balaban J connectivity index is 1.40. The van der Waals surface area contributed by atoms with Gasteiger partial charge in [-0.25, -0.2) is 19.3 Å². The maximum atomic E-state index is 13.6. The molecule has 0 radical (unpaired) electrons. The lowest BCUT2D eigenvalue weighted by atomic mass is 10.1. The first kappa shape index (κ1) is 27.1. The van der Waals surface area contributed by atoms with Crippen LogP contribution in [0.1, 0.15) is 68.6 Å². The van der Waals surface area contributed by atoms with Gasteiger partial charge in [-0.05, 0) is 58.2 Å². The molecule has 1 aliphatic heterocycles. The zero-order valence-electron chi connectivity index (χ0n) is 23.4. The summed E-state index contributed by atoms with van der Waals surface area (Å²) >= 11 is 1.34. The Bertz CT molecular complexity index is 1810. The van der Waals surface area contributed by atoms with E-state index in [0.29, 0.717) is 45.4 Å². The van der Waals surface area contributed by atoms with Crippen LogP contribution in [0.2, 0.25) is 0 Å². The van der Waals surface area contributed by atoms with Crippen LogP contribution < -0.4 is 11.3 Å². The highest BCUT2D eigenvalue weighted by Gasteiger charge is 2.34. The SMILES string of the molecule is Cn1c2nc(C(C(=O)OC(C)(C)C)c3ccn(C4CCCCO4)n3)sc2c2cnn(Cc3cccc(N)n3)c(=O)c21. The molecule has 0 saturated carbocycles. The quantitative estimate of drug-likeness (QED) is 0.299. The molecule has 0 amide bonds. The summed E-state index contributed by atoms with van der Waals surface area (Å²) < 4.78 is 17.3. The van der Waals surface area contributed by atoms with Crippen LogP contribution in [0, 0.1) is 0 Å². The van der Waals surface area contributed by atoms with Crippen LogP contribution in [0.15, 0.2) is 41.5 Å². The number of rotatable bonds is 6. The van der Waals surface area contributed by atoms with Crippen LogP contribution in [0.4, 0.5) is 5.82 Å². The van der Waals surface area contributed by atoms with Gasteiger partial charge in [0, 0.05) is 25.2 Å². The summed E-state index contributed by atoms with van der Waals surface area (Å²) in [6.07, 6.45) is 6.29. The van der Waals surface area contributed by atoms with Crippen molar-refractivity contribution in [3.05, 3.63) is 63.4 Å². The molecular weight excluding hydrogens is 544 g/mol. The van der Waals surface area contributed by atoms with E-state index >= 15 is 0 Å². The Morgan fingerprint density at radius 2 is 2.07 bits per heavy atom. The van der Waals surface area contributed by atoms with Gasteiger partial charge in [0.25, 0.3) is 5.56 Å². The van der Waals surface area contributed by atoms with Crippen molar-refractivity contribution >= 4 is 44.4 Å². The molecule has 13 heteroatoms. The molecule has 12 nitrogen and oxygen atoms in total. The molecule has 1 aliphatic rings. The van der Waals surface area contributed by atoms with Crippen molar-refractivity contribution in [3.63, 3.8) is 0 Å². The number of nitrogen functional groups attached to an aromatic ring is 1. The summed E-state index contributed by atoms with van der Waals surface area (Å²) in [5.74, 6) is -0.899. The Labute approximate surface area is 239 Å². The highest BCUT2D eigenvalue weighted by atomic mass is 32.1. The average Bonchev–Trinajstić information content (AvgIpc) is 3.63. The van der Waals surface area contributed by atoms with Gasteiger partial charge in [0.15, 0.2) is 11.6 Å².